The number of carbonyl (C=O) groups is 1. The second-order valence-electron chi connectivity index (χ2n) is 4.42. The number of thiazole rings is 1. The topological polar surface area (TPSA) is 87.7 Å². The first kappa shape index (κ1) is 13.4. The Labute approximate surface area is 123 Å². The number of H-pyrrole nitrogens is 1. The van der Waals surface area contributed by atoms with Crippen LogP contribution in [0.5, 0.6) is 0 Å². The van der Waals surface area contributed by atoms with E-state index in [1.54, 1.807) is 24.4 Å². The molecule has 0 aliphatic heterocycles. The first-order valence-corrected chi connectivity index (χ1v) is 7.23. The average Bonchev–Trinajstić information content (AvgIpc) is 3.02. The highest BCUT2D eigenvalue weighted by atomic mass is 32.1. The molecular weight excluding hydrogens is 288 g/mol. The van der Waals surface area contributed by atoms with Crippen LogP contribution in [0.3, 0.4) is 0 Å². The number of benzene rings is 1. The second kappa shape index (κ2) is 5.84. The quantitative estimate of drug-likeness (QED) is 0.759. The van der Waals surface area contributed by atoms with Crippen LogP contribution in [0.15, 0.2) is 40.6 Å². The van der Waals surface area contributed by atoms with Crippen molar-refractivity contribution >= 4 is 28.0 Å². The number of fused-ring (bicyclic) bond motifs is 1. The molecule has 2 aromatic heterocycles. The Morgan fingerprint density at radius 2 is 2.10 bits per heavy atom. The van der Waals surface area contributed by atoms with E-state index < -0.39 is 0 Å². The van der Waals surface area contributed by atoms with Crippen molar-refractivity contribution in [2.45, 2.75) is 13.0 Å². The summed E-state index contributed by atoms with van der Waals surface area (Å²) in [5.41, 5.74) is 0.305. The first-order chi connectivity index (χ1) is 10.2. The van der Waals surface area contributed by atoms with Crippen molar-refractivity contribution in [3.05, 3.63) is 56.9 Å². The lowest BCUT2D eigenvalue weighted by Crippen LogP contribution is -2.25. The SMILES string of the molecule is O=C(Cc1n[nH]c(=O)c2ccccc12)NCc1nccs1. The summed E-state index contributed by atoms with van der Waals surface area (Å²) >= 11 is 1.49. The molecule has 0 aliphatic rings. The van der Waals surface area contributed by atoms with Crippen LogP contribution in [0.4, 0.5) is 0 Å². The van der Waals surface area contributed by atoms with E-state index in [-0.39, 0.29) is 17.9 Å². The molecule has 3 rings (SSSR count). The van der Waals surface area contributed by atoms with Gasteiger partial charge in [0, 0.05) is 17.0 Å². The van der Waals surface area contributed by atoms with Crippen LogP contribution >= 0.6 is 11.3 Å². The van der Waals surface area contributed by atoms with Crippen LogP contribution < -0.4 is 10.9 Å². The summed E-state index contributed by atoms with van der Waals surface area (Å²) in [6.07, 6.45) is 1.81. The molecule has 1 aromatic carbocycles. The third-order valence-corrected chi connectivity index (χ3v) is 3.80. The van der Waals surface area contributed by atoms with Gasteiger partial charge in [-0.2, -0.15) is 5.10 Å². The van der Waals surface area contributed by atoms with Crippen molar-refractivity contribution < 1.29 is 4.79 Å². The van der Waals surface area contributed by atoms with Crippen LogP contribution in [0, 0.1) is 0 Å². The van der Waals surface area contributed by atoms with Gasteiger partial charge in [-0.15, -0.1) is 11.3 Å². The number of carbonyl (C=O) groups excluding carboxylic acids is 1. The molecule has 0 unspecified atom stereocenters. The third kappa shape index (κ3) is 2.97. The molecule has 0 saturated carbocycles. The average molecular weight is 300 g/mol. The molecule has 6 nitrogen and oxygen atoms in total. The van der Waals surface area contributed by atoms with Crippen LogP contribution in [0.25, 0.3) is 10.8 Å². The van der Waals surface area contributed by atoms with Crippen LogP contribution in [-0.2, 0) is 17.8 Å². The lowest BCUT2D eigenvalue weighted by molar-refractivity contribution is -0.120. The van der Waals surface area contributed by atoms with Gasteiger partial charge in [-0.05, 0) is 6.07 Å². The Balaban J connectivity index is 1.77. The zero-order chi connectivity index (χ0) is 14.7. The highest BCUT2D eigenvalue weighted by Gasteiger charge is 2.10. The molecule has 7 heteroatoms. The predicted molar refractivity (Wildman–Crippen MR) is 80.0 cm³/mol. The molecule has 1 amide bonds. The van der Waals surface area contributed by atoms with Gasteiger partial charge in [-0.25, -0.2) is 10.1 Å². The monoisotopic (exact) mass is 300 g/mol. The van der Waals surface area contributed by atoms with Gasteiger partial charge in [-0.3, -0.25) is 9.59 Å². The fourth-order valence-corrected chi connectivity index (χ4v) is 2.59. The lowest BCUT2D eigenvalue weighted by Gasteiger charge is -2.05. The molecule has 2 N–H and O–H groups in total. The highest BCUT2D eigenvalue weighted by Crippen LogP contribution is 2.12. The number of amides is 1. The van der Waals surface area contributed by atoms with E-state index in [2.05, 4.69) is 20.5 Å². The van der Waals surface area contributed by atoms with Crippen molar-refractivity contribution in [1.82, 2.24) is 20.5 Å². The Kier molecular flexibility index (Phi) is 3.74. The normalized spacial score (nSPS) is 10.7. The maximum absolute atomic E-state index is 12.0. The van der Waals surface area contributed by atoms with Gasteiger partial charge in [0.15, 0.2) is 0 Å². The number of aromatic nitrogens is 3. The summed E-state index contributed by atoms with van der Waals surface area (Å²) in [6.45, 7) is 0.401. The molecule has 0 bridgehead atoms. The van der Waals surface area contributed by atoms with Gasteiger partial charge in [0.05, 0.1) is 24.0 Å². The van der Waals surface area contributed by atoms with E-state index in [0.29, 0.717) is 23.0 Å². The van der Waals surface area contributed by atoms with Gasteiger partial charge in [0.2, 0.25) is 5.91 Å². The number of hydrogen-bond acceptors (Lipinski definition) is 5. The molecule has 0 aliphatic carbocycles. The number of aromatic amines is 1. The van der Waals surface area contributed by atoms with Gasteiger partial charge >= 0.3 is 0 Å². The van der Waals surface area contributed by atoms with Crippen molar-refractivity contribution in [2.75, 3.05) is 0 Å². The summed E-state index contributed by atoms with van der Waals surface area (Å²) in [7, 11) is 0. The molecule has 0 saturated heterocycles. The summed E-state index contributed by atoms with van der Waals surface area (Å²) in [5.74, 6) is -0.157. The fraction of sp³-hybridized carbons (Fsp3) is 0.143. The maximum Gasteiger partial charge on any atom is 0.272 e. The molecule has 0 radical (unpaired) electrons. The van der Waals surface area contributed by atoms with Gasteiger partial charge in [0.1, 0.15) is 5.01 Å². The minimum Gasteiger partial charge on any atom is -0.349 e. The van der Waals surface area contributed by atoms with Crippen LogP contribution in [0.2, 0.25) is 0 Å². The van der Waals surface area contributed by atoms with Crippen molar-refractivity contribution in [3.63, 3.8) is 0 Å². The van der Waals surface area contributed by atoms with Crippen LogP contribution in [0.1, 0.15) is 10.7 Å². The molecule has 2 heterocycles. The van der Waals surface area contributed by atoms with Gasteiger partial charge in [0.25, 0.3) is 5.56 Å². The summed E-state index contributed by atoms with van der Waals surface area (Å²) in [6, 6.07) is 7.11. The molecular formula is C14H12N4O2S. The number of nitrogens with one attached hydrogen (secondary N) is 2. The Hall–Kier alpha value is -2.54. The fourth-order valence-electron chi connectivity index (χ4n) is 2.04. The minimum absolute atomic E-state index is 0.114. The Morgan fingerprint density at radius 1 is 1.29 bits per heavy atom. The molecule has 3 aromatic rings. The van der Waals surface area contributed by atoms with E-state index in [0.717, 1.165) is 5.01 Å². The van der Waals surface area contributed by atoms with Crippen molar-refractivity contribution in [2.24, 2.45) is 0 Å². The van der Waals surface area contributed by atoms with Gasteiger partial charge in [-0.1, -0.05) is 18.2 Å². The molecule has 0 fully saturated rings. The summed E-state index contributed by atoms with van der Waals surface area (Å²) in [5, 5.41) is 13.1. The van der Waals surface area contributed by atoms with E-state index in [9.17, 15) is 9.59 Å². The standard InChI is InChI=1S/C14H12N4O2S/c19-12(16-8-13-15-5-6-21-13)7-11-9-3-1-2-4-10(9)14(20)18-17-11/h1-6H,7-8H2,(H,16,19)(H,18,20). The van der Waals surface area contributed by atoms with Crippen LogP contribution in [-0.4, -0.2) is 21.1 Å². The molecule has 0 spiro atoms. The zero-order valence-corrected chi connectivity index (χ0v) is 11.8. The maximum atomic E-state index is 12.0. The van der Waals surface area contributed by atoms with E-state index in [1.807, 2.05) is 11.4 Å². The molecule has 21 heavy (non-hydrogen) atoms. The highest BCUT2D eigenvalue weighted by molar-refractivity contribution is 7.09. The number of rotatable bonds is 4. The van der Waals surface area contributed by atoms with Crippen molar-refractivity contribution in [1.29, 1.82) is 0 Å². The Morgan fingerprint density at radius 3 is 2.86 bits per heavy atom. The zero-order valence-electron chi connectivity index (χ0n) is 11.0. The number of hydrogen-bond donors (Lipinski definition) is 2. The molecule has 0 atom stereocenters. The smallest absolute Gasteiger partial charge is 0.272 e. The number of nitrogens with zero attached hydrogens (tertiary/aromatic N) is 2. The van der Waals surface area contributed by atoms with E-state index in [4.69, 9.17) is 0 Å². The summed E-state index contributed by atoms with van der Waals surface area (Å²) < 4.78 is 0. The van der Waals surface area contributed by atoms with E-state index >= 15 is 0 Å². The predicted octanol–water partition coefficient (Wildman–Crippen LogP) is 1.24. The molecule has 106 valence electrons. The van der Waals surface area contributed by atoms with Gasteiger partial charge < -0.3 is 5.32 Å². The third-order valence-electron chi connectivity index (χ3n) is 3.02. The van der Waals surface area contributed by atoms with Crippen molar-refractivity contribution in [3.8, 4) is 0 Å². The largest absolute Gasteiger partial charge is 0.349 e. The Bertz CT molecular complexity index is 826. The second-order valence-corrected chi connectivity index (χ2v) is 5.40. The lowest BCUT2D eigenvalue weighted by atomic mass is 10.1. The van der Waals surface area contributed by atoms with E-state index in [1.165, 1.54) is 11.3 Å². The first-order valence-electron chi connectivity index (χ1n) is 6.35. The summed E-state index contributed by atoms with van der Waals surface area (Å²) in [4.78, 5) is 27.7. The minimum atomic E-state index is -0.252.